The summed E-state index contributed by atoms with van der Waals surface area (Å²) in [5.41, 5.74) is 0.298. The van der Waals surface area contributed by atoms with E-state index in [9.17, 15) is 9.59 Å². The summed E-state index contributed by atoms with van der Waals surface area (Å²) < 4.78 is 9.34. The molecule has 0 fully saturated rings. The van der Waals surface area contributed by atoms with Crippen LogP contribution in [0, 0.1) is 0 Å². The zero-order valence-electron chi connectivity index (χ0n) is 10.2. The van der Waals surface area contributed by atoms with Crippen molar-refractivity contribution in [2.45, 2.75) is 0 Å². The number of amides is 1. The van der Waals surface area contributed by atoms with E-state index < -0.39 is 0 Å². The third-order valence-electron chi connectivity index (χ3n) is 2.27. The van der Waals surface area contributed by atoms with Crippen molar-refractivity contribution >= 4 is 23.5 Å². The van der Waals surface area contributed by atoms with Gasteiger partial charge in [-0.15, -0.1) is 0 Å². The van der Waals surface area contributed by atoms with E-state index in [0.717, 1.165) is 0 Å². The Morgan fingerprint density at radius 3 is 2.83 bits per heavy atom. The highest BCUT2D eigenvalue weighted by molar-refractivity contribution is 6.32. The number of nitrogens with one attached hydrogen (secondary N) is 1. The number of hydrogen-bond acceptors (Lipinski definition) is 5. The quantitative estimate of drug-likeness (QED) is 0.776. The number of carbonyl (C=O) groups is 2. The number of carbonyl (C=O) groups excluding carboxylic acids is 2. The van der Waals surface area contributed by atoms with Crippen LogP contribution in [0.25, 0.3) is 0 Å². The first-order valence-electron chi connectivity index (χ1n) is 5.31. The van der Waals surface area contributed by atoms with E-state index >= 15 is 0 Å². The first-order valence-corrected chi connectivity index (χ1v) is 5.69. The monoisotopic (exact) mass is 274 g/mol. The SMILES string of the molecule is COC(=O)CN(C)CCNC(=O)c1ccoc1Cl. The van der Waals surface area contributed by atoms with Crippen LogP contribution in [0.4, 0.5) is 0 Å². The van der Waals surface area contributed by atoms with Gasteiger partial charge in [0.15, 0.2) is 0 Å². The molecular weight excluding hydrogens is 260 g/mol. The van der Waals surface area contributed by atoms with Crippen molar-refractivity contribution in [3.63, 3.8) is 0 Å². The van der Waals surface area contributed by atoms with E-state index in [1.165, 1.54) is 19.4 Å². The maximum atomic E-state index is 11.6. The number of halogens is 1. The molecule has 0 aliphatic heterocycles. The van der Waals surface area contributed by atoms with Gasteiger partial charge in [0.05, 0.1) is 25.5 Å². The lowest BCUT2D eigenvalue weighted by Gasteiger charge is -2.14. The highest BCUT2D eigenvalue weighted by Crippen LogP contribution is 2.15. The third kappa shape index (κ3) is 4.38. The van der Waals surface area contributed by atoms with Crippen molar-refractivity contribution in [3.05, 3.63) is 23.1 Å². The van der Waals surface area contributed by atoms with Gasteiger partial charge in [0.25, 0.3) is 5.91 Å². The molecule has 0 aromatic carbocycles. The van der Waals surface area contributed by atoms with E-state index in [1.807, 2.05) is 0 Å². The minimum absolute atomic E-state index is 0.0652. The number of nitrogens with zero attached hydrogens (tertiary/aromatic N) is 1. The van der Waals surface area contributed by atoms with Crippen LogP contribution in [0.15, 0.2) is 16.7 Å². The van der Waals surface area contributed by atoms with Crippen LogP contribution in [-0.4, -0.2) is 50.6 Å². The summed E-state index contributed by atoms with van der Waals surface area (Å²) in [5.74, 6) is -0.623. The second-order valence-corrected chi connectivity index (χ2v) is 4.02. The smallest absolute Gasteiger partial charge is 0.319 e. The fraction of sp³-hybridized carbons (Fsp3) is 0.455. The van der Waals surface area contributed by atoms with E-state index in [0.29, 0.717) is 18.7 Å². The Morgan fingerprint density at radius 2 is 2.28 bits per heavy atom. The Kier molecular flexibility index (Phi) is 5.67. The number of esters is 1. The molecule has 0 aliphatic carbocycles. The summed E-state index contributed by atoms with van der Waals surface area (Å²) in [6.45, 7) is 1.10. The van der Waals surface area contributed by atoms with Crippen LogP contribution in [0.3, 0.4) is 0 Å². The normalized spacial score (nSPS) is 10.4. The predicted molar refractivity (Wildman–Crippen MR) is 65.6 cm³/mol. The van der Waals surface area contributed by atoms with Crippen molar-refractivity contribution < 1.29 is 18.7 Å². The van der Waals surface area contributed by atoms with Crippen LogP contribution in [0.2, 0.25) is 5.22 Å². The molecule has 0 saturated carbocycles. The Hall–Kier alpha value is -1.53. The molecule has 0 unspecified atom stereocenters. The van der Waals surface area contributed by atoms with Gasteiger partial charge >= 0.3 is 5.97 Å². The number of ether oxygens (including phenoxy) is 1. The molecule has 0 aliphatic rings. The van der Waals surface area contributed by atoms with Crippen molar-refractivity contribution in [1.29, 1.82) is 0 Å². The molecule has 0 saturated heterocycles. The highest BCUT2D eigenvalue weighted by atomic mass is 35.5. The average molecular weight is 275 g/mol. The summed E-state index contributed by atoms with van der Waals surface area (Å²) in [6, 6.07) is 1.50. The molecule has 6 nitrogen and oxygen atoms in total. The fourth-order valence-electron chi connectivity index (χ4n) is 1.28. The summed E-state index contributed by atoms with van der Waals surface area (Å²) in [7, 11) is 3.09. The van der Waals surface area contributed by atoms with Crippen LogP contribution in [0.1, 0.15) is 10.4 Å². The predicted octanol–water partition coefficient (Wildman–Crippen LogP) is 0.768. The van der Waals surface area contributed by atoms with Gasteiger partial charge in [-0.1, -0.05) is 0 Å². The topological polar surface area (TPSA) is 71.8 Å². The Labute approximate surface area is 110 Å². The molecule has 1 amide bonds. The second kappa shape index (κ2) is 7.03. The molecule has 0 spiro atoms. The molecule has 1 N–H and O–H groups in total. The standard InChI is InChI=1S/C11H15ClN2O4/c1-14(7-9(15)17-2)5-4-13-11(16)8-3-6-18-10(8)12/h3,6H,4-5,7H2,1-2H3,(H,13,16). The maximum Gasteiger partial charge on any atom is 0.319 e. The molecule has 0 atom stereocenters. The van der Waals surface area contributed by atoms with Gasteiger partial charge in [-0.2, -0.15) is 0 Å². The molecule has 1 aromatic heterocycles. The summed E-state index contributed by atoms with van der Waals surface area (Å²) >= 11 is 5.66. The summed E-state index contributed by atoms with van der Waals surface area (Å²) in [5, 5.41) is 2.74. The van der Waals surface area contributed by atoms with Gasteiger partial charge in [0, 0.05) is 13.1 Å². The van der Waals surface area contributed by atoms with E-state index in [2.05, 4.69) is 10.1 Å². The molecule has 18 heavy (non-hydrogen) atoms. The van der Waals surface area contributed by atoms with Crippen LogP contribution >= 0.6 is 11.6 Å². The lowest BCUT2D eigenvalue weighted by molar-refractivity contribution is -0.141. The minimum atomic E-state index is -0.318. The lowest BCUT2D eigenvalue weighted by Crippen LogP contribution is -2.35. The largest absolute Gasteiger partial charge is 0.468 e. The zero-order valence-corrected chi connectivity index (χ0v) is 11.0. The minimum Gasteiger partial charge on any atom is -0.468 e. The maximum absolute atomic E-state index is 11.6. The number of rotatable bonds is 6. The molecule has 100 valence electrons. The molecule has 7 heteroatoms. The number of methoxy groups -OCH3 is 1. The summed E-state index contributed by atoms with van der Waals surface area (Å²) in [4.78, 5) is 24.3. The van der Waals surface area contributed by atoms with Gasteiger partial charge in [-0.05, 0) is 24.7 Å². The van der Waals surface area contributed by atoms with Crippen molar-refractivity contribution in [1.82, 2.24) is 10.2 Å². The Morgan fingerprint density at radius 1 is 1.56 bits per heavy atom. The van der Waals surface area contributed by atoms with E-state index in [4.69, 9.17) is 16.0 Å². The van der Waals surface area contributed by atoms with Crippen molar-refractivity contribution in [2.24, 2.45) is 0 Å². The van der Waals surface area contributed by atoms with E-state index in [-0.39, 0.29) is 23.6 Å². The average Bonchev–Trinajstić information content (AvgIpc) is 2.75. The first kappa shape index (κ1) is 14.5. The van der Waals surface area contributed by atoms with Crippen molar-refractivity contribution in [3.8, 4) is 0 Å². The molecule has 1 heterocycles. The van der Waals surface area contributed by atoms with Gasteiger partial charge in [-0.25, -0.2) is 0 Å². The van der Waals surface area contributed by atoms with Gasteiger partial charge in [0.1, 0.15) is 0 Å². The van der Waals surface area contributed by atoms with Gasteiger partial charge in [-0.3, -0.25) is 14.5 Å². The van der Waals surface area contributed by atoms with Crippen LogP contribution in [0.5, 0.6) is 0 Å². The van der Waals surface area contributed by atoms with E-state index in [1.54, 1.807) is 11.9 Å². The number of furan rings is 1. The first-order chi connectivity index (χ1) is 8.54. The lowest BCUT2D eigenvalue weighted by atomic mass is 10.3. The molecule has 0 radical (unpaired) electrons. The molecular formula is C11H15ClN2O4. The molecule has 0 bridgehead atoms. The van der Waals surface area contributed by atoms with Crippen LogP contribution in [-0.2, 0) is 9.53 Å². The van der Waals surface area contributed by atoms with Crippen molar-refractivity contribution in [2.75, 3.05) is 33.8 Å². The van der Waals surface area contributed by atoms with Crippen LogP contribution < -0.4 is 5.32 Å². The molecule has 1 rings (SSSR count). The number of hydrogen-bond donors (Lipinski definition) is 1. The third-order valence-corrected chi connectivity index (χ3v) is 2.56. The Balaban J connectivity index is 2.28. The second-order valence-electron chi connectivity index (χ2n) is 3.68. The zero-order chi connectivity index (χ0) is 13.5. The highest BCUT2D eigenvalue weighted by Gasteiger charge is 2.12. The van der Waals surface area contributed by atoms with Gasteiger partial charge < -0.3 is 14.5 Å². The number of likely N-dealkylation sites (N-methyl/N-ethyl adjacent to an activating group) is 1. The summed E-state index contributed by atoms with van der Waals surface area (Å²) in [6.07, 6.45) is 1.35. The fourth-order valence-corrected chi connectivity index (χ4v) is 1.48. The van der Waals surface area contributed by atoms with Gasteiger partial charge in [0.2, 0.25) is 5.22 Å². The molecule has 1 aromatic rings. The Bertz CT molecular complexity index is 419.